The Labute approximate surface area is 408 Å². The largest absolute Gasteiger partial charge is 0.472 e. The van der Waals surface area contributed by atoms with Gasteiger partial charge >= 0.3 is 7.82 Å². The number of allylic oxidation sites excluding steroid dienone is 11. The second kappa shape index (κ2) is 48.0. The molecular weight excluding hydrogens is 840 g/mol. The highest BCUT2D eigenvalue weighted by Gasteiger charge is 2.27. The Hall–Kier alpha value is -2.06. The fourth-order valence-corrected chi connectivity index (χ4v) is 8.40. The molecule has 0 radical (unpaired) electrons. The fraction of sp³-hybridized carbons (Fsp3) is 0.772. The van der Waals surface area contributed by atoms with Crippen molar-refractivity contribution in [1.82, 2.24) is 5.32 Å². The zero-order valence-corrected chi connectivity index (χ0v) is 44.6. The number of amides is 1. The van der Waals surface area contributed by atoms with Crippen LogP contribution in [0, 0.1) is 0 Å². The number of likely N-dealkylation sites (N-methyl/N-ethyl adjacent to an activating group) is 1. The maximum absolute atomic E-state index is 12.9. The predicted octanol–water partition coefficient (Wildman–Crippen LogP) is 16.3. The van der Waals surface area contributed by atoms with E-state index in [1.54, 1.807) is 6.08 Å². The number of rotatable bonds is 49. The van der Waals surface area contributed by atoms with Gasteiger partial charge < -0.3 is 19.8 Å². The first-order chi connectivity index (χ1) is 32.0. The summed E-state index contributed by atoms with van der Waals surface area (Å²) in [6.07, 6.45) is 65.9. The molecule has 0 aromatic rings. The Kier molecular flexibility index (Phi) is 46.5. The fourth-order valence-electron chi connectivity index (χ4n) is 7.67. The number of phosphoric ester groups is 1. The molecule has 0 saturated carbocycles. The van der Waals surface area contributed by atoms with Crippen LogP contribution in [0.25, 0.3) is 0 Å². The number of nitrogens with zero attached hydrogens (tertiary/aromatic N) is 1. The Morgan fingerprint density at radius 1 is 0.530 bits per heavy atom. The summed E-state index contributed by atoms with van der Waals surface area (Å²) in [5, 5.41) is 13.9. The normalized spacial score (nSPS) is 14.6. The summed E-state index contributed by atoms with van der Waals surface area (Å²) >= 11 is 0. The molecule has 0 spiro atoms. The van der Waals surface area contributed by atoms with Crippen LogP contribution in [0.1, 0.15) is 232 Å². The molecule has 1 amide bonds. The van der Waals surface area contributed by atoms with Gasteiger partial charge in [-0.3, -0.25) is 13.8 Å². The van der Waals surface area contributed by atoms with Crippen molar-refractivity contribution >= 4 is 13.7 Å². The van der Waals surface area contributed by atoms with Gasteiger partial charge in [0.05, 0.1) is 39.9 Å². The number of carbonyl (C=O) groups excluding carboxylic acids is 1. The number of hydrogen-bond acceptors (Lipinski definition) is 5. The van der Waals surface area contributed by atoms with Crippen molar-refractivity contribution in [3.05, 3.63) is 72.9 Å². The van der Waals surface area contributed by atoms with Crippen molar-refractivity contribution < 1.29 is 32.9 Å². The highest BCUT2D eigenvalue weighted by molar-refractivity contribution is 7.47. The lowest BCUT2D eigenvalue weighted by atomic mass is 10.0. The number of aliphatic hydroxyl groups is 1. The van der Waals surface area contributed by atoms with Gasteiger partial charge in [0, 0.05) is 6.42 Å². The number of unbranched alkanes of at least 4 members (excludes halogenated alkanes) is 26. The van der Waals surface area contributed by atoms with Crippen LogP contribution in [0.2, 0.25) is 0 Å². The van der Waals surface area contributed by atoms with Gasteiger partial charge in [0.25, 0.3) is 0 Å². The number of aliphatic hydroxyl groups excluding tert-OH is 1. The first kappa shape index (κ1) is 63.9. The summed E-state index contributed by atoms with van der Waals surface area (Å²) in [5.74, 6) is -0.234. The lowest BCUT2D eigenvalue weighted by Crippen LogP contribution is -2.45. The van der Waals surface area contributed by atoms with E-state index in [0.29, 0.717) is 17.4 Å². The van der Waals surface area contributed by atoms with E-state index in [-0.39, 0.29) is 25.5 Å². The average molecular weight is 946 g/mol. The van der Waals surface area contributed by atoms with E-state index < -0.39 is 20.0 Å². The van der Waals surface area contributed by atoms with Crippen molar-refractivity contribution in [3.63, 3.8) is 0 Å². The van der Waals surface area contributed by atoms with Gasteiger partial charge in [0.15, 0.2) is 0 Å². The van der Waals surface area contributed by atoms with Crippen LogP contribution in [-0.4, -0.2) is 73.4 Å². The lowest BCUT2D eigenvalue weighted by molar-refractivity contribution is -0.870. The molecule has 66 heavy (non-hydrogen) atoms. The van der Waals surface area contributed by atoms with Gasteiger partial charge in [0.1, 0.15) is 13.2 Å². The van der Waals surface area contributed by atoms with Crippen LogP contribution in [-0.2, 0) is 18.4 Å². The molecule has 384 valence electrons. The van der Waals surface area contributed by atoms with E-state index in [4.69, 9.17) is 9.05 Å². The van der Waals surface area contributed by atoms with Crippen LogP contribution < -0.4 is 5.32 Å². The second-order valence-corrected chi connectivity index (χ2v) is 21.0. The quantitative estimate of drug-likeness (QED) is 0.0243. The third kappa shape index (κ3) is 49.8. The topological polar surface area (TPSA) is 105 Å². The third-order valence-corrected chi connectivity index (χ3v) is 12.9. The smallest absolute Gasteiger partial charge is 0.387 e. The molecule has 0 aliphatic rings. The predicted molar refractivity (Wildman–Crippen MR) is 286 cm³/mol. The van der Waals surface area contributed by atoms with Crippen molar-refractivity contribution in [2.75, 3.05) is 40.9 Å². The molecular formula is C57H106N2O6P+. The average Bonchev–Trinajstić information content (AvgIpc) is 3.28. The number of quaternary nitrogens is 1. The maximum atomic E-state index is 12.9. The van der Waals surface area contributed by atoms with Gasteiger partial charge in [-0.2, -0.15) is 0 Å². The lowest BCUT2D eigenvalue weighted by Gasteiger charge is -2.25. The summed E-state index contributed by atoms with van der Waals surface area (Å²) < 4.78 is 23.6. The molecule has 0 saturated heterocycles. The highest BCUT2D eigenvalue weighted by atomic mass is 31.2. The zero-order chi connectivity index (χ0) is 48.5. The van der Waals surface area contributed by atoms with Crippen molar-refractivity contribution in [2.24, 2.45) is 0 Å². The monoisotopic (exact) mass is 946 g/mol. The van der Waals surface area contributed by atoms with E-state index >= 15 is 0 Å². The Balaban J connectivity index is 4.28. The molecule has 8 nitrogen and oxygen atoms in total. The summed E-state index contributed by atoms with van der Waals surface area (Å²) in [6, 6.07) is -0.881. The molecule has 0 aromatic carbocycles. The Morgan fingerprint density at radius 2 is 0.909 bits per heavy atom. The van der Waals surface area contributed by atoms with Gasteiger partial charge in [-0.05, 0) is 57.8 Å². The molecule has 0 rings (SSSR count). The molecule has 0 aromatic heterocycles. The first-order valence-electron chi connectivity index (χ1n) is 27.3. The minimum atomic E-state index is -4.36. The van der Waals surface area contributed by atoms with Crippen LogP contribution in [0.5, 0.6) is 0 Å². The SMILES string of the molecule is CC/C=C\C/C=C\C/C=C\C/C=C\C/C=C\CCCC(=O)NC(COP(=O)(O)OCC[N+](C)(C)C)C(O)/C=C/CCCCCCCCCCCCCCCCCCCCCCCCCCC. The van der Waals surface area contributed by atoms with Crippen LogP contribution >= 0.6 is 7.82 Å². The van der Waals surface area contributed by atoms with E-state index in [1.807, 2.05) is 27.2 Å². The molecule has 0 bridgehead atoms. The van der Waals surface area contributed by atoms with Gasteiger partial charge in [-0.1, -0.05) is 241 Å². The minimum absolute atomic E-state index is 0.0478. The second-order valence-electron chi connectivity index (χ2n) is 19.6. The maximum Gasteiger partial charge on any atom is 0.472 e. The van der Waals surface area contributed by atoms with E-state index in [2.05, 4.69) is 79.9 Å². The third-order valence-electron chi connectivity index (χ3n) is 11.9. The summed E-state index contributed by atoms with van der Waals surface area (Å²) in [4.78, 5) is 23.2. The van der Waals surface area contributed by atoms with E-state index in [0.717, 1.165) is 57.8 Å². The van der Waals surface area contributed by atoms with Crippen molar-refractivity contribution in [1.29, 1.82) is 0 Å². The van der Waals surface area contributed by atoms with E-state index in [9.17, 15) is 19.4 Å². The molecule has 3 N–H and O–H groups in total. The Bertz CT molecular complexity index is 1300. The van der Waals surface area contributed by atoms with Gasteiger partial charge in [-0.25, -0.2) is 4.57 Å². The molecule has 3 atom stereocenters. The number of hydrogen-bond donors (Lipinski definition) is 3. The molecule has 0 heterocycles. The van der Waals surface area contributed by atoms with Crippen LogP contribution in [0.15, 0.2) is 72.9 Å². The van der Waals surface area contributed by atoms with Crippen molar-refractivity contribution in [2.45, 2.75) is 244 Å². The highest BCUT2D eigenvalue weighted by Crippen LogP contribution is 2.43. The Morgan fingerprint density at radius 3 is 1.32 bits per heavy atom. The summed E-state index contributed by atoms with van der Waals surface area (Å²) in [7, 11) is 1.53. The van der Waals surface area contributed by atoms with Crippen LogP contribution in [0.4, 0.5) is 0 Å². The van der Waals surface area contributed by atoms with Crippen LogP contribution in [0.3, 0.4) is 0 Å². The molecule has 9 heteroatoms. The zero-order valence-electron chi connectivity index (χ0n) is 43.7. The van der Waals surface area contributed by atoms with Gasteiger partial charge in [0.2, 0.25) is 5.91 Å². The number of phosphoric acid groups is 1. The van der Waals surface area contributed by atoms with Crippen molar-refractivity contribution in [3.8, 4) is 0 Å². The molecule has 3 unspecified atom stereocenters. The minimum Gasteiger partial charge on any atom is -0.387 e. The number of nitrogens with one attached hydrogen (secondary N) is 1. The molecule has 0 aliphatic heterocycles. The first-order valence-corrected chi connectivity index (χ1v) is 28.8. The summed E-state index contributed by atoms with van der Waals surface area (Å²) in [5.41, 5.74) is 0. The van der Waals surface area contributed by atoms with Gasteiger partial charge in [-0.15, -0.1) is 0 Å². The number of carbonyl (C=O) groups is 1. The summed E-state index contributed by atoms with van der Waals surface area (Å²) in [6.45, 7) is 4.67. The molecule has 0 aliphatic carbocycles. The standard InChI is InChI=1S/C57H105N2O6P/c1-6-8-10-12-14-16-18-20-22-24-25-26-27-28-29-30-31-32-33-35-36-38-40-42-44-46-48-50-56(60)55(54-65-66(62,63)64-53-52-59(3,4)5)58-57(61)51-49-47-45-43-41-39-37-34-23-21-19-17-15-13-11-9-7-2/h9,11,15,17,21,23,37,39,43,45,48,50,55-56,60H,6-8,10,12-14,16,18-20,22,24-36,38,40-42,44,46-47,49,51-54H2,1-5H3,(H-,58,61,62,63)/p+1/b11-9-,17-15-,23-21-,39-37-,45-43-,50-48+. The molecule has 0 fully saturated rings. The van der Waals surface area contributed by atoms with E-state index in [1.165, 1.54) is 148 Å².